The zero-order chi connectivity index (χ0) is 22.5. The molecule has 0 spiro atoms. The molecule has 2 N–H and O–H groups in total. The van der Waals surface area contributed by atoms with Crippen LogP contribution in [0.1, 0.15) is 31.4 Å². The third-order valence-corrected chi connectivity index (χ3v) is 5.54. The lowest BCUT2D eigenvalue weighted by molar-refractivity contribution is 0.0953. The first-order chi connectivity index (χ1) is 15.5. The number of amides is 2. The minimum Gasteiger partial charge on any atom is -0.459 e. The summed E-state index contributed by atoms with van der Waals surface area (Å²) in [7, 11) is 0. The summed E-state index contributed by atoms with van der Waals surface area (Å²) in [5, 5.41) is 6.12. The van der Waals surface area contributed by atoms with Crippen molar-refractivity contribution in [2.24, 2.45) is 0 Å². The van der Waals surface area contributed by atoms with Crippen LogP contribution in [-0.4, -0.2) is 16.8 Å². The molecule has 0 unspecified atom stereocenters. The number of nitrogens with one attached hydrogen (secondary N) is 2. The molecule has 162 valence electrons. The van der Waals surface area contributed by atoms with Gasteiger partial charge < -0.3 is 19.8 Å². The number of hydrogen-bond donors (Lipinski definition) is 2. The molecule has 0 fully saturated rings. The quantitative estimate of drug-likeness (QED) is 0.405. The molecule has 2 amide bonds. The average Bonchev–Trinajstić information content (AvgIpc) is 3.45. The summed E-state index contributed by atoms with van der Waals surface area (Å²) in [5.74, 6) is 0.0569. The Morgan fingerprint density at radius 3 is 2.62 bits per heavy atom. The normalized spacial score (nSPS) is 10.6. The maximum absolute atomic E-state index is 13.0. The van der Waals surface area contributed by atoms with Gasteiger partial charge in [0.2, 0.25) is 5.88 Å². The number of rotatable bonds is 7. The Bertz CT molecular complexity index is 1220. The van der Waals surface area contributed by atoms with Crippen molar-refractivity contribution in [2.45, 2.75) is 13.5 Å². The van der Waals surface area contributed by atoms with Crippen LogP contribution in [0, 0.1) is 12.7 Å². The van der Waals surface area contributed by atoms with Crippen LogP contribution in [0.5, 0.6) is 11.6 Å². The highest BCUT2D eigenvalue weighted by Crippen LogP contribution is 2.27. The summed E-state index contributed by atoms with van der Waals surface area (Å²) >= 11 is 1.19. The van der Waals surface area contributed by atoms with Crippen LogP contribution in [-0.2, 0) is 6.54 Å². The van der Waals surface area contributed by atoms with E-state index < -0.39 is 0 Å². The fourth-order valence-corrected chi connectivity index (χ4v) is 3.80. The maximum Gasteiger partial charge on any atom is 0.291 e. The van der Waals surface area contributed by atoms with Crippen molar-refractivity contribution >= 4 is 28.2 Å². The first kappa shape index (κ1) is 21.3. The van der Waals surface area contributed by atoms with E-state index in [0.29, 0.717) is 21.5 Å². The minimum absolute atomic E-state index is 0.196. The van der Waals surface area contributed by atoms with E-state index >= 15 is 0 Å². The number of aromatic nitrogens is 1. The van der Waals surface area contributed by atoms with Gasteiger partial charge in [-0.2, -0.15) is 0 Å². The molecule has 0 radical (unpaired) electrons. The summed E-state index contributed by atoms with van der Waals surface area (Å²) in [5.41, 5.74) is 1.54. The standard InChI is InChI=1S/C23H18FN3O4S/c1-14-11-20(27-22(28)18-3-2-10-30-18)32-21(14)23(29)26-13-15-4-9-19(25-12-15)31-17-7-5-16(24)6-8-17/h2-12H,13H2,1H3,(H,26,29)(H,27,28). The van der Waals surface area contributed by atoms with Crippen molar-refractivity contribution in [3.63, 3.8) is 0 Å². The minimum atomic E-state index is -0.378. The molecule has 1 aromatic carbocycles. The lowest BCUT2D eigenvalue weighted by atomic mass is 10.2. The molecular weight excluding hydrogens is 433 g/mol. The molecular formula is C23H18FN3O4S. The fraction of sp³-hybridized carbons (Fsp3) is 0.0870. The largest absolute Gasteiger partial charge is 0.459 e. The number of anilines is 1. The molecule has 0 aliphatic rings. The monoisotopic (exact) mass is 451 g/mol. The van der Waals surface area contributed by atoms with Crippen LogP contribution < -0.4 is 15.4 Å². The molecule has 0 aliphatic carbocycles. The van der Waals surface area contributed by atoms with Crippen LogP contribution in [0.15, 0.2) is 71.5 Å². The second kappa shape index (κ2) is 9.44. The Hall–Kier alpha value is -3.98. The predicted molar refractivity (Wildman–Crippen MR) is 118 cm³/mol. The molecule has 0 bridgehead atoms. The van der Waals surface area contributed by atoms with E-state index in [2.05, 4.69) is 15.6 Å². The van der Waals surface area contributed by atoms with Crippen LogP contribution in [0.3, 0.4) is 0 Å². The first-order valence-electron chi connectivity index (χ1n) is 9.60. The number of ether oxygens (including phenoxy) is 1. The Kier molecular flexibility index (Phi) is 6.27. The summed E-state index contributed by atoms with van der Waals surface area (Å²) < 4.78 is 23.6. The highest BCUT2D eigenvalue weighted by molar-refractivity contribution is 7.18. The number of hydrogen-bond acceptors (Lipinski definition) is 6. The molecule has 32 heavy (non-hydrogen) atoms. The molecule has 0 atom stereocenters. The molecule has 3 heterocycles. The van der Waals surface area contributed by atoms with Crippen molar-refractivity contribution in [1.82, 2.24) is 10.3 Å². The predicted octanol–water partition coefficient (Wildman–Crippen LogP) is 5.16. The fourth-order valence-electron chi connectivity index (χ4n) is 2.81. The second-order valence-electron chi connectivity index (χ2n) is 6.80. The average molecular weight is 451 g/mol. The number of halogens is 1. The van der Waals surface area contributed by atoms with E-state index in [9.17, 15) is 14.0 Å². The van der Waals surface area contributed by atoms with Gasteiger partial charge in [0.15, 0.2) is 5.76 Å². The van der Waals surface area contributed by atoms with Gasteiger partial charge in [0.1, 0.15) is 11.6 Å². The van der Waals surface area contributed by atoms with Gasteiger partial charge in [0, 0.05) is 18.8 Å². The van der Waals surface area contributed by atoms with Crippen LogP contribution in [0.2, 0.25) is 0 Å². The van der Waals surface area contributed by atoms with Gasteiger partial charge in [-0.3, -0.25) is 9.59 Å². The number of furan rings is 1. The Morgan fingerprint density at radius 1 is 1.12 bits per heavy atom. The van der Waals surface area contributed by atoms with Crippen LogP contribution in [0.4, 0.5) is 9.39 Å². The first-order valence-corrected chi connectivity index (χ1v) is 10.4. The van der Waals surface area contributed by atoms with E-state index in [1.165, 1.54) is 41.9 Å². The van der Waals surface area contributed by atoms with E-state index in [1.807, 2.05) is 0 Å². The van der Waals surface area contributed by atoms with Gasteiger partial charge in [-0.1, -0.05) is 6.07 Å². The van der Waals surface area contributed by atoms with E-state index in [4.69, 9.17) is 9.15 Å². The van der Waals surface area contributed by atoms with Gasteiger partial charge in [0.05, 0.1) is 16.1 Å². The molecule has 3 aromatic heterocycles. The van der Waals surface area contributed by atoms with E-state index in [0.717, 1.165) is 11.1 Å². The van der Waals surface area contributed by atoms with Crippen molar-refractivity contribution < 1.29 is 23.1 Å². The number of pyridine rings is 1. The molecule has 0 saturated carbocycles. The van der Waals surface area contributed by atoms with Crippen LogP contribution >= 0.6 is 11.3 Å². The Balaban J connectivity index is 1.33. The van der Waals surface area contributed by atoms with Gasteiger partial charge >= 0.3 is 0 Å². The lowest BCUT2D eigenvalue weighted by Crippen LogP contribution is -2.22. The third-order valence-electron chi connectivity index (χ3n) is 4.39. The zero-order valence-electron chi connectivity index (χ0n) is 16.9. The molecule has 0 saturated heterocycles. The number of thiophene rings is 1. The number of carbonyl (C=O) groups is 2. The molecule has 0 aliphatic heterocycles. The molecule has 9 heteroatoms. The third kappa shape index (κ3) is 5.19. The smallest absolute Gasteiger partial charge is 0.291 e. The zero-order valence-corrected chi connectivity index (χ0v) is 17.7. The summed E-state index contributed by atoms with van der Waals surface area (Å²) in [6.45, 7) is 2.07. The van der Waals surface area contributed by atoms with Gasteiger partial charge in [0.25, 0.3) is 11.8 Å². The van der Waals surface area contributed by atoms with Gasteiger partial charge in [-0.05, 0) is 60.5 Å². The van der Waals surface area contributed by atoms with Crippen molar-refractivity contribution in [2.75, 3.05) is 5.32 Å². The summed E-state index contributed by atoms with van der Waals surface area (Å²) in [6.07, 6.45) is 3.01. The maximum atomic E-state index is 13.0. The summed E-state index contributed by atoms with van der Waals surface area (Å²) in [6, 6.07) is 14.0. The molecule has 7 nitrogen and oxygen atoms in total. The lowest BCUT2D eigenvalue weighted by Gasteiger charge is -2.07. The van der Waals surface area contributed by atoms with Crippen molar-refractivity contribution in [1.29, 1.82) is 0 Å². The number of benzene rings is 1. The summed E-state index contributed by atoms with van der Waals surface area (Å²) in [4.78, 5) is 29.4. The number of carbonyl (C=O) groups excluding carboxylic acids is 2. The highest BCUT2D eigenvalue weighted by atomic mass is 32.1. The van der Waals surface area contributed by atoms with Gasteiger partial charge in [-0.15, -0.1) is 11.3 Å². The number of aryl methyl sites for hydroxylation is 1. The Morgan fingerprint density at radius 2 is 1.94 bits per heavy atom. The second-order valence-corrected chi connectivity index (χ2v) is 7.85. The highest BCUT2D eigenvalue weighted by Gasteiger charge is 2.16. The topological polar surface area (TPSA) is 93.5 Å². The van der Waals surface area contributed by atoms with Crippen molar-refractivity contribution in [3.8, 4) is 11.6 Å². The Labute approximate surface area is 186 Å². The molecule has 4 aromatic rings. The van der Waals surface area contributed by atoms with Gasteiger partial charge in [-0.25, -0.2) is 9.37 Å². The molecule has 4 rings (SSSR count). The van der Waals surface area contributed by atoms with E-state index in [-0.39, 0.29) is 29.9 Å². The number of nitrogens with zero attached hydrogens (tertiary/aromatic N) is 1. The van der Waals surface area contributed by atoms with Crippen LogP contribution in [0.25, 0.3) is 0 Å². The van der Waals surface area contributed by atoms with E-state index in [1.54, 1.807) is 43.5 Å². The SMILES string of the molecule is Cc1cc(NC(=O)c2ccco2)sc1C(=O)NCc1ccc(Oc2ccc(F)cc2)nc1. The van der Waals surface area contributed by atoms with Crippen molar-refractivity contribution in [3.05, 3.63) is 94.6 Å².